The van der Waals surface area contributed by atoms with Gasteiger partial charge in [0.2, 0.25) is 5.91 Å². The van der Waals surface area contributed by atoms with E-state index in [1.165, 1.54) is 18.2 Å². The van der Waals surface area contributed by atoms with Crippen LogP contribution in [0.4, 0.5) is 11.4 Å². The summed E-state index contributed by atoms with van der Waals surface area (Å²) in [5.41, 5.74) is 1.48. The number of carbonyl (C=O) groups is 2. The molecule has 0 radical (unpaired) electrons. The van der Waals surface area contributed by atoms with Gasteiger partial charge in [-0.15, -0.1) is 0 Å². The van der Waals surface area contributed by atoms with Crippen molar-refractivity contribution in [2.24, 2.45) is 0 Å². The Morgan fingerprint density at radius 1 is 1.00 bits per heavy atom. The Morgan fingerprint density at radius 3 is 2.67 bits per heavy atom. The Balaban J connectivity index is 1.26. The Labute approximate surface area is 178 Å². The first-order valence-electron chi connectivity index (χ1n) is 10.5. The topological polar surface area (TPSA) is 67.9 Å². The molecular weight excluding hydrogens is 400 g/mol. The van der Waals surface area contributed by atoms with Gasteiger partial charge in [-0.05, 0) is 43.5 Å². The molecule has 30 heavy (non-hydrogen) atoms. The fourth-order valence-corrected chi connectivity index (χ4v) is 6.41. The van der Waals surface area contributed by atoms with Gasteiger partial charge in [0.1, 0.15) is 0 Å². The van der Waals surface area contributed by atoms with E-state index in [1.807, 2.05) is 42.5 Å². The molecule has 6 rings (SSSR count). The number of benzene rings is 2. The van der Waals surface area contributed by atoms with Crippen molar-refractivity contribution in [3.05, 3.63) is 42.5 Å². The third kappa shape index (κ3) is 2.57. The van der Waals surface area contributed by atoms with Crippen LogP contribution in [0, 0.1) is 0 Å². The van der Waals surface area contributed by atoms with Gasteiger partial charge in [-0.1, -0.05) is 30.3 Å². The first kappa shape index (κ1) is 18.1. The molecule has 2 aromatic rings. The SMILES string of the molecule is O=C1CC[C@@]2(C(=O)Nc3ccc4c(c3)OC3(CCCCC3)O4)Sc3ccccc3N12. The minimum absolute atomic E-state index is 0.00692. The molecule has 2 aromatic carbocycles. The Morgan fingerprint density at radius 2 is 1.80 bits per heavy atom. The van der Waals surface area contributed by atoms with Crippen LogP contribution in [0.5, 0.6) is 11.5 Å². The number of anilines is 2. The van der Waals surface area contributed by atoms with Crippen molar-refractivity contribution < 1.29 is 19.1 Å². The molecule has 1 saturated heterocycles. The minimum atomic E-state index is -0.929. The Bertz CT molecular complexity index is 1060. The first-order valence-corrected chi connectivity index (χ1v) is 11.3. The maximum Gasteiger partial charge on any atom is 0.261 e. The van der Waals surface area contributed by atoms with Crippen molar-refractivity contribution in [1.29, 1.82) is 0 Å². The predicted molar refractivity (Wildman–Crippen MR) is 114 cm³/mol. The number of ether oxygens (including phenoxy) is 2. The van der Waals surface area contributed by atoms with Crippen molar-refractivity contribution >= 4 is 35.0 Å². The fourth-order valence-electron chi connectivity index (χ4n) is 4.99. The molecule has 3 heterocycles. The number of carbonyl (C=O) groups excluding carboxylic acids is 2. The Hall–Kier alpha value is -2.67. The van der Waals surface area contributed by atoms with Crippen LogP contribution in [0.25, 0.3) is 0 Å². The lowest BCUT2D eigenvalue weighted by Gasteiger charge is -2.31. The van der Waals surface area contributed by atoms with E-state index in [1.54, 1.807) is 4.90 Å². The molecule has 1 N–H and O–H groups in total. The zero-order valence-corrected chi connectivity index (χ0v) is 17.3. The number of fused-ring (bicyclic) bond motifs is 4. The van der Waals surface area contributed by atoms with Crippen molar-refractivity contribution in [1.82, 2.24) is 0 Å². The molecule has 4 aliphatic rings. The van der Waals surface area contributed by atoms with E-state index in [4.69, 9.17) is 9.47 Å². The predicted octanol–water partition coefficient (Wildman–Crippen LogP) is 4.69. The van der Waals surface area contributed by atoms with Crippen molar-refractivity contribution in [3.63, 3.8) is 0 Å². The smallest absolute Gasteiger partial charge is 0.261 e. The molecule has 154 valence electrons. The maximum atomic E-state index is 13.4. The standard InChI is InChI=1S/C23H22N2O4S/c26-20-10-13-23(25(20)16-6-2-3-7-19(16)30-23)21(27)24-15-8-9-17-18(14-15)29-22(28-17)11-4-1-5-12-22/h2-3,6-9,14H,1,4-5,10-13H2,(H,24,27)/t23-/m0/s1. The average Bonchev–Trinajstić information content (AvgIpc) is 3.38. The van der Waals surface area contributed by atoms with Crippen LogP contribution in [0.3, 0.4) is 0 Å². The number of nitrogens with one attached hydrogen (secondary N) is 1. The van der Waals surface area contributed by atoms with Gasteiger partial charge in [-0.25, -0.2) is 0 Å². The summed E-state index contributed by atoms with van der Waals surface area (Å²) in [5.74, 6) is 0.676. The van der Waals surface area contributed by atoms with Gasteiger partial charge in [0.05, 0.1) is 5.69 Å². The molecule has 2 fully saturated rings. The quantitative estimate of drug-likeness (QED) is 0.761. The van der Waals surface area contributed by atoms with E-state index >= 15 is 0 Å². The molecule has 1 saturated carbocycles. The summed E-state index contributed by atoms with van der Waals surface area (Å²) in [6.45, 7) is 0. The summed E-state index contributed by atoms with van der Waals surface area (Å²) in [5, 5.41) is 3.03. The van der Waals surface area contributed by atoms with Crippen molar-refractivity contribution in [2.45, 2.75) is 60.5 Å². The van der Waals surface area contributed by atoms with E-state index in [0.29, 0.717) is 24.3 Å². The summed E-state index contributed by atoms with van der Waals surface area (Å²) < 4.78 is 12.3. The number of nitrogens with zero attached hydrogens (tertiary/aromatic N) is 1. The molecule has 7 heteroatoms. The third-order valence-corrected chi connectivity index (χ3v) is 7.91. The molecule has 0 unspecified atom stereocenters. The van der Waals surface area contributed by atoms with Gasteiger partial charge in [-0.2, -0.15) is 0 Å². The zero-order chi connectivity index (χ0) is 20.3. The monoisotopic (exact) mass is 422 g/mol. The largest absolute Gasteiger partial charge is 0.448 e. The molecule has 1 aliphatic carbocycles. The lowest BCUT2D eigenvalue weighted by atomic mass is 9.94. The highest BCUT2D eigenvalue weighted by molar-refractivity contribution is 8.02. The molecular formula is C23H22N2O4S. The van der Waals surface area contributed by atoms with Gasteiger partial charge >= 0.3 is 0 Å². The van der Waals surface area contributed by atoms with E-state index in [2.05, 4.69) is 5.32 Å². The van der Waals surface area contributed by atoms with E-state index < -0.39 is 10.7 Å². The summed E-state index contributed by atoms with van der Waals surface area (Å²) in [7, 11) is 0. The summed E-state index contributed by atoms with van der Waals surface area (Å²) in [6, 6.07) is 13.2. The lowest BCUT2D eigenvalue weighted by molar-refractivity contribution is -0.121. The van der Waals surface area contributed by atoms with Gasteiger partial charge in [0.25, 0.3) is 11.7 Å². The first-order chi connectivity index (χ1) is 14.6. The second-order valence-electron chi connectivity index (χ2n) is 8.37. The van der Waals surface area contributed by atoms with Crippen LogP contribution in [0.2, 0.25) is 0 Å². The highest BCUT2D eigenvalue weighted by Gasteiger charge is 2.57. The van der Waals surface area contributed by atoms with Crippen molar-refractivity contribution in [2.75, 3.05) is 10.2 Å². The van der Waals surface area contributed by atoms with Crippen LogP contribution in [-0.2, 0) is 9.59 Å². The van der Waals surface area contributed by atoms with Gasteiger partial charge in [0, 0.05) is 35.9 Å². The zero-order valence-electron chi connectivity index (χ0n) is 16.5. The maximum absolute atomic E-state index is 13.4. The third-order valence-electron chi connectivity index (χ3n) is 6.44. The highest BCUT2D eigenvalue weighted by Crippen LogP contribution is 2.56. The number of thioether (sulfide) groups is 1. The minimum Gasteiger partial charge on any atom is -0.448 e. The number of rotatable bonds is 2. The van der Waals surface area contributed by atoms with Crippen LogP contribution in [-0.4, -0.2) is 22.5 Å². The van der Waals surface area contributed by atoms with E-state index in [-0.39, 0.29) is 11.8 Å². The second kappa shape index (κ2) is 6.41. The average molecular weight is 423 g/mol. The second-order valence-corrected chi connectivity index (χ2v) is 9.69. The normalized spacial score (nSPS) is 25.3. The molecule has 0 aromatic heterocycles. The molecule has 1 spiro atoms. The number of hydrogen-bond acceptors (Lipinski definition) is 5. The fraction of sp³-hybridized carbons (Fsp3) is 0.391. The summed E-state index contributed by atoms with van der Waals surface area (Å²) >= 11 is 1.47. The van der Waals surface area contributed by atoms with Crippen LogP contribution >= 0.6 is 11.8 Å². The molecule has 2 amide bonds. The highest BCUT2D eigenvalue weighted by atomic mass is 32.2. The van der Waals surface area contributed by atoms with Crippen LogP contribution in [0.15, 0.2) is 47.4 Å². The van der Waals surface area contributed by atoms with Crippen molar-refractivity contribution in [3.8, 4) is 11.5 Å². The molecule has 6 nitrogen and oxygen atoms in total. The van der Waals surface area contributed by atoms with Gasteiger partial charge < -0.3 is 14.8 Å². The number of hydrogen-bond donors (Lipinski definition) is 1. The molecule has 1 atom stereocenters. The van der Waals surface area contributed by atoms with Gasteiger partial charge in [-0.3, -0.25) is 14.5 Å². The van der Waals surface area contributed by atoms with E-state index in [9.17, 15) is 9.59 Å². The summed E-state index contributed by atoms with van der Waals surface area (Å²) in [4.78, 5) is 27.7. The lowest BCUT2D eigenvalue weighted by Crippen LogP contribution is -2.49. The Kier molecular flexibility index (Phi) is 3.87. The van der Waals surface area contributed by atoms with Crippen LogP contribution in [0.1, 0.15) is 44.9 Å². The number of para-hydroxylation sites is 1. The molecule has 3 aliphatic heterocycles. The summed E-state index contributed by atoms with van der Waals surface area (Å²) in [6.07, 6.45) is 6.05. The van der Waals surface area contributed by atoms with Gasteiger partial charge in [0.15, 0.2) is 16.4 Å². The van der Waals surface area contributed by atoms with Crippen LogP contribution < -0.4 is 19.7 Å². The molecule has 0 bridgehead atoms. The van der Waals surface area contributed by atoms with E-state index in [0.717, 1.165) is 42.0 Å². The number of amides is 2.